The van der Waals surface area contributed by atoms with Gasteiger partial charge in [0.05, 0.1) is 18.7 Å². The Morgan fingerprint density at radius 1 is 1.40 bits per heavy atom. The van der Waals surface area contributed by atoms with Crippen LogP contribution in [0.4, 0.5) is 5.69 Å². The average Bonchev–Trinajstić information content (AvgIpc) is 3.23. The number of carbonyl (C=O) groups is 1. The number of benzene rings is 1. The van der Waals surface area contributed by atoms with Gasteiger partial charge in [-0.1, -0.05) is 12.1 Å². The Balaban J connectivity index is 1.55. The molecule has 0 saturated heterocycles. The first-order chi connectivity index (χ1) is 9.72. The number of para-hydroxylation sites is 1. The van der Waals surface area contributed by atoms with E-state index < -0.39 is 0 Å². The molecule has 1 aliphatic carbocycles. The maximum Gasteiger partial charge on any atom is 0.223 e. The quantitative estimate of drug-likeness (QED) is 0.867. The van der Waals surface area contributed by atoms with Gasteiger partial charge in [-0.25, -0.2) is 0 Å². The maximum atomic E-state index is 11.6. The second-order valence-electron chi connectivity index (χ2n) is 5.81. The van der Waals surface area contributed by atoms with Crippen LogP contribution in [0.2, 0.25) is 0 Å². The van der Waals surface area contributed by atoms with Crippen molar-refractivity contribution < 1.29 is 9.53 Å². The van der Waals surface area contributed by atoms with Crippen LogP contribution in [0.1, 0.15) is 38.2 Å². The van der Waals surface area contributed by atoms with Gasteiger partial charge in [-0.15, -0.1) is 0 Å². The third-order valence-electron chi connectivity index (χ3n) is 3.88. The Labute approximate surface area is 119 Å². The van der Waals surface area contributed by atoms with E-state index in [1.165, 1.54) is 5.56 Å². The summed E-state index contributed by atoms with van der Waals surface area (Å²) in [5, 5.41) is 6.46. The molecule has 1 fully saturated rings. The third-order valence-corrected chi connectivity index (χ3v) is 3.88. The van der Waals surface area contributed by atoms with E-state index >= 15 is 0 Å². The fraction of sp³-hybridized carbons (Fsp3) is 0.562. The van der Waals surface area contributed by atoms with Crippen LogP contribution in [-0.4, -0.2) is 24.6 Å². The van der Waals surface area contributed by atoms with Crippen molar-refractivity contribution in [1.82, 2.24) is 5.32 Å². The lowest BCUT2D eigenvalue weighted by Crippen LogP contribution is -2.27. The molecule has 4 heteroatoms. The van der Waals surface area contributed by atoms with E-state index in [1.54, 1.807) is 0 Å². The zero-order valence-electron chi connectivity index (χ0n) is 11.9. The molecule has 1 heterocycles. The number of hydrogen-bond donors (Lipinski definition) is 2. The second-order valence-corrected chi connectivity index (χ2v) is 5.81. The number of rotatable bonds is 5. The summed E-state index contributed by atoms with van der Waals surface area (Å²) in [7, 11) is 0. The van der Waals surface area contributed by atoms with E-state index in [4.69, 9.17) is 4.74 Å². The summed E-state index contributed by atoms with van der Waals surface area (Å²) in [5.41, 5.74) is 2.41. The smallest absolute Gasteiger partial charge is 0.223 e. The van der Waals surface area contributed by atoms with Crippen LogP contribution in [0.15, 0.2) is 18.2 Å². The third kappa shape index (κ3) is 3.24. The zero-order valence-corrected chi connectivity index (χ0v) is 11.9. The predicted octanol–water partition coefficient (Wildman–Crippen LogP) is 2.48. The Hall–Kier alpha value is -1.71. The SMILES string of the molecule is CC1CCc2cccc(OCCC(=O)NC3CC3)c2N1. The highest BCUT2D eigenvalue weighted by molar-refractivity contribution is 5.76. The lowest BCUT2D eigenvalue weighted by atomic mass is 9.98. The first-order valence-electron chi connectivity index (χ1n) is 7.53. The average molecular weight is 274 g/mol. The van der Waals surface area contributed by atoms with Crippen molar-refractivity contribution in [3.8, 4) is 5.75 Å². The molecule has 0 spiro atoms. The predicted molar refractivity (Wildman–Crippen MR) is 79.1 cm³/mol. The van der Waals surface area contributed by atoms with E-state index in [0.29, 0.717) is 25.1 Å². The lowest BCUT2D eigenvalue weighted by Gasteiger charge is -2.26. The number of carbonyl (C=O) groups excluding carboxylic acids is 1. The summed E-state index contributed by atoms with van der Waals surface area (Å²) in [4.78, 5) is 11.6. The first kappa shape index (κ1) is 13.3. The van der Waals surface area contributed by atoms with Gasteiger partial charge < -0.3 is 15.4 Å². The molecule has 0 radical (unpaired) electrons. The second kappa shape index (κ2) is 5.73. The molecule has 2 N–H and O–H groups in total. The minimum Gasteiger partial charge on any atom is -0.491 e. The maximum absolute atomic E-state index is 11.6. The number of fused-ring (bicyclic) bond motifs is 1. The van der Waals surface area contributed by atoms with Crippen LogP contribution < -0.4 is 15.4 Å². The minimum absolute atomic E-state index is 0.0959. The van der Waals surface area contributed by atoms with E-state index in [2.05, 4.69) is 23.6 Å². The van der Waals surface area contributed by atoms with Gasteiger partial charge in [0.2, 0.25) is 5.91 Å². The number of hydrogen-bond acceptors (Lipinski definition) is 3. The number of aryl methyl sites for hydroxylation is 1. The highest BCUT2D eigenvalue weighted by Gasteiger charge is 2.23. The van der Waals surface area contributed by atoms with Gasteiger partial charge in [0, 0.05) is 12.1 Å². The molecule has 1 aliphatic heterocycles. The molecule has 108 valence electrons. The van der Waals surface area contributed by atoms with Crippen molar-refractivity contribution >= 4 is 11.6 Å². The van der Waals surface area contributed by atoms with E-state index in [9.17, 15) is 4.79 Å². The summed E-state index contributed by atoms with van der Waals surface area (Å²) in [5.74, 6) is 0.965. The minimum atomic E-state index is 0.0959. The van der Waals surface area contributed by atoms with Gasteiger partial charge in [0.1, 0.15) is 5.75 Å². The molecule has 2 aliphatic rings. The van der Waals surface area contributed by atoms with Crippen molar-refractivity contribution in [2.45, 2.75) is 51.1 Å². The van der Waals surface area contributed by atoms with Gasteiger partial charge in [-0.05, 0) is 44.2 Å². The van der Waals surface area contributed by atoms with E-state index in [-0.39, 0.29) is 5.91 Å². The number of nitrogens with one attached hydrogen (secondary N) is 2. The lowest BCUT2D eigenvalue weighted by molar-refractivity contribution is -0.121. The van der Waals surface area contributed by atoms with Gasteiger partial charge >= 0.3 is 0 Å². The zero-order chi connectivity index (χ0) is 13.9. The Morgan fingerprint density at radius 2 is 2.25 bits per heavy atom. The van der Waals surface area contributed by atoms with E-state index in [1.807, 2.05) is 12.1 Å². The molecular formula is C16H22N2O2. The summed E-state index contributed by atoms with van der Waals surface area (Å²) in [6, 6.07) is 7.04. The molecule has 1 aromatic carbocycles. The molecular weight excluding hydrogens is 252 g/mol. The van der Waals surface area contributed by atoms with E-state index in [0.717, 1.165) is 37.1 Å². The monoisotopic (exact) mass is 274 g/mol. The van der Waals surface area contributed by atoms with Crippen LogP contribution in [0.25, 0.3) is 0 Å². The number of ether oxygens (including phenoxy) is 1. The molecule has 0 aromatic heterocycles. The van der Waals surface area contributed by atoms with Crippen molar-refractivity contribution in [2.24, 2.45) is 0 Å². The molecule has 1 unspecified atom stereocenters. The molecule has 1 atom stereocenters. The standard InChI is InChI=1S/C16H22N2O2/c1-11-5-6-12-3-2-4-14(16(12)17-11)20-10-9-15(19)18-13-7-8-13/h2-4,11,13,17H,5-10H2,1H3,(H,18,19). The Bertz CT molecular complexity index is 497. The number of anilines is 1. The topological polar surface area (TPSA) is 50.4 Å². The number of amides is 1. The van der Waals surface area contributed by atoms with Gasteiger partial charge in [-0.3, -0.25) is 4.79 Å². The largest absolute Gasteiger partial charge is 0.491 e. The van der Waals surface area contributed by atoms with Crippen LogP contribution in [0, 0.1) is 0 Å². The van der Waals surface area contributed by atoms with Crippen LogP contribution in [0.3, 0.4) is 0 Å². The summed E-state index contributed by atoms with van der Waals surface area (Å²) in [6.07, 6.45) is 4.92. The molecule has 1 aromatic rings. The van der Waals surface area contributed by atoms with Crippen molar-refractivity contribution in [3.05, 3.63) is 23.8 Å². The van der Waals surface area contributed by atoms with Crippen LogP contribution in [0.5, 0.6) is 5.75 Å². The summed E-state index contributed by atoms with van der Waals surface area (Å²) in [6.45, 7) is 2.62. The van der Waals surface area contributed by atoms with Gasteiger partial charge in [-0.2, -0.15) is 0 Å². The van der Waals surface area contributed by atoms with Gasteiger partial charge in [0.15, 0.2) is 0 Å². The summed E-state index contributed by atoms with van der Waals surface area (Å²) >= 11 is 0. The Kier molecular flexibility index (Phi) is 3.81. The van der Waals surface area contributed by atoms with Crippen molar-refractivity contribution in [1.29, 1.82) is 0 Å². The normalized spacial score (nSPS) is 20.8. The Morgan fingerprint density at radius 3 is 3.05 bits per heavy atom. The van der Waals surface area contributed by atoms with Crippen LogP contribution in [-0.2, 0) is 11.2 Å². The fourth-order valence-corrected chi connectivity index (χ4v) is 2.54. The summed E-state index contributed by atoms with van der Waals surface area (Å²) < 4.78 is 5.80. The van der Waals surface area contributed by atoms with Gasteiger partial charge in [0.25, 0.3) is 0 Å². The van der Waals surface area contributed by atoms with Crippen molar-refractivity contribution in [3.63, 3.8) is 0 Å². The molecule has 0 bridgehead atoms. The highest BCUT2D eigenvalue weighted by Crippen LogP contribution is 2.33. The van der Waals surface area contributed by atoms with Crippen molar-refractivity contribution in [2.75, 3.05) is 11.9 Å². The molecule has 1 amide bonds. The molecule has 3 rings (SSSR count). The fourth-order valence-electron chi connectivity index (χ4n) is 2.54. The molecule has 1 saturated carbocycles. The first-order valence-corrected chi connectivity index (χ1v) is 7.53. The highest BCUT2D eigenvalue weighted by atomic mass is 16.5. The molecule has 4 nitrogen and oxygen atoms in total. The van der Waals surface area contributed by atoms with Crippen LogP contribution >= 0.6 is 0 Å². The molecule has 20 heavy (non-hydrogen) atoms.